The highest BCUT2D eigenvalue weighted by molar-refractivity contribution is 5.78. The second-order valence-corrected chi connectivity index (χ2v) is 6.81. The minimum absolute atomic E-state index is 0.194. The van der Waals surface area contributed by atoms with Gasteiger partial charge in [-0.3, -0.25) is 4.57 Å². The number of hydrogen-bond acceptors (Lipinski definition) is 4. The third-order valence-corrected chi connectivity index (χ3v) is 3.06. The third kappa shape index (κ3) is 2.15. The van der Waals surface area contributed by atoms with Crippen molar-refractivity contribution in [3.8, 4) is 0 Å². The SMILES string of the molecule is CC(C)(C)N1C(=O)n2ccnc2C(O)N1C(C)(C)C. The van der Waals surface area contributed by atoms with Crippen LogP contribution in [0.3, 0.4) is 0 Å². The van der Waals surface area contributed by atoms with Gasteiger partial charge in [-0.25, -0.2) is 14.8 Å². The summed E-state index contributed by atoms with van der Waals surface area (Å²) < 4.78 is 1.40. The molecule has 106 valence electrons. The molecule has 2 heterocycles. The molecule has 6 heteroatoms. The number of carbonyl (C=O) groups excluding carboxylic acids is 1. The average molecular weight is 266 g/mol. The number of aliphatic hydroxyl groups excluding tert-OH is 1. The largest absolute Gasteiger partial charge is 0.370 e. The maximum Gasteiger partial charge on any atom is 0.344 e. The minimum atomic E-state index is -0.938. The molecule has 1 N–H and O–H groups in total. The summed E-state index contributed by atoms with van der Waals surface area (Å²) in [6, 6.07) is -0.194. The molecule has 0 bridgehead atoms. The molecule has 0 saturated carbocycles. The lowest BCUT2D eigenvalue weighted by molar-refractivity contribution is -0.208. The maximum atomic E-state index is 12.6. The van der Waals surface area contributed by atoms with Gasteiger partial charge in [-0.05, 0) is 41.5 Å². The molecule has 0 fully saturated rings. The number of rotatable bonds is 0. The van der Waals surface area contributed by atoms with Crippen LogP contribution in [-0.2, 0) is 0 Å². The fraction of sp³-hybridized carbons (Fsp3) is 0.692. The molecule has 0 radical (unpaired) electrons. The van der Waals surface area contributed by atoms with E-state index in [2.05, 4.69) is 4.98 Å². The Bertz CT molecular complexity index is 495. The summed E-state index contributed by atoms with van der Waals surface area (Å²) in [6.07, 6.45) is 2.18. The number of carbonyl (C=O) groups is 1. The van der Waals surface area contributed by atoms with Gasteiger partial charge in [0.15, 0.2) is 12.1 Å². The van der Waals surface area contributed by atoms with Gasteiger partial charge in [0.05, 0.1) is 5.54 Å². The van der Waals surface area contributed by atoms with Gasteiger partial charge in [0.25, 0.3) is 0 Å². The zero-order valence-corrected chi connectivity index (χ0v) is 12.4. The Morgan fingerprint density at radius 3 is 2.21 bits per heavy atom. The highest BCUT2D eigenvalue weighted by Gasteiger charge is 2.47. The Morgan fingerprint density at radius 2 is 1.74 bits per heavy atom. The maximum absolute atomic E-state index is 12.6. The van der Waals surface area contributed by atoms with Crippen molar-refractivity contribution in [3.05, 3.63) is 18.2 Å². The summed E-state index contributed by atoms with van der Waals surface area (Å²) in [4.78, 5) is 16.7. The summed E-state index contributed by atoms with van der Waals surface area (Å²) in [7, 11) is 0. The Hall–Kier alpha value is -1.40. The van der Waals surface area contributed by atoms with E-state index >= 15 is 0 Å². The average Bonchev–Trinajstić information content (AvgIpc) is 2.68. The fourth-order valence-electron chi connectivity index (χ4n) is 2.36. The number of fused-ring (bicyclic) bond motifs is 1. The number of aromatic nitrogens is 2. The van der Waals surface area contributed by atoms with E-state index in [0.717, 1.165) is 0 Å². The van der Waals surface area contributed by atoms with Gasteiger partial charge < -0.3 is 5.11 Å². The third-order valence-electron chi connectivity index (χ3n) is 3.06. The number of amides is 1. The van der Waals surface area contributed by atoms with Crippen LogP contribution in [0.4, 0.5) is 4.79 Å². The van der Waals surface area contributed by atoms with E-state index in [-0.39, 0.29) is 6.03 Å². The van der Waals surface area contributed by atoms with Gasteiger partial charge in [-0.2, -0.15) is 5.01 Å². The van der Waals surface area contributed by atoms with E-state index in [0.29, 0.717) is 5.82 Å². The van der Waals surface area contributed by atoms with Gasteiger partial charge >= 0.3 is 6.03 Å². The van der Waals surface area contributed by atoms with E-state index < -0.39 is 17.3 Å². The smallest absolute Gasteiger partial charge is 0.344 e. The molecule has 0 aliphatic carbocycles. The molecule has 1 aliphatic rings. The van der Waals surface area contributed by atoms with Gasteiger partial charge in [0.2, 0.25) is 0 Å². The van der Waals surface area contributed by atoms with Crippen LogP contribution in [0.5, 0.6) is 0 Å². The summed E-state index contributed by atoms with van der Waals surface area (Å²) in [5.41, 5.74) is -0.840. The van der Waals surface area contributed by atoms with Crippen molar-refractivity contribution in [2.45, 2.75) is 58.8 Å². The molecule has 19 heavy (non-hydrogen) atoms. The van der Waals surface area contributed by atoms with Gasteiger partial charge in [0, 0.05) is 17.9 Å². The van der Waals surface area contributed by atoms with Crippen LogP contribution in [0.25, 0.3) is 0 Å². The molecule has 0 saturated heterocycles. The molecule has 2 rings (SSSR count). The quantitative estimate of drug-likeness (QED) is 0.780. The number of aliphatic hydroxyl groups is 1. The molecule has 1 atom stereocenters. The van der Waals surface area contributed by atoms with Crippen molar-refractivity contribution in [2.75, 3.05) is 0 Å². The van der Waals surface area contributed by atoms with E-state index in [4.69, 9.17) is 0 Å². The lowest BCUT2D eigenvalue weighted by Gasteiger charge is -2.53. The number of hydrazine groups is 1. The first-order chi connectivity index (χ1) is 8.55. The first kappa shape index (κ1) is 14.0. The topological polar surface area (TPSA) is 61.6 Å². The van der Waals surface area contributed by atoms with Crippen molar-refractivity contribution in [2.24, 2.45) is 0 Å². The van der Waals surface area contributed by atoms with Crippen LogP contribution in [-0.4, -0.2) is 41.8 Å². The predicted octanol–water partition coefficient (Wildman–Crippen LogP) is 1.97. The highest BCUT2D eigenvalue weighted by Crippen LogP contribution is 2.36. The first-order valence-corrected chi connectivity index (χ1v) is 6.40. The van der Waals surface area contributed by atoms with Crippen LogP contribution in [0.1, 0.15) is 53.6 Å². The predicted molar refractivity (Wildman–Crippen MR) is 71.2 cm³/mol. The molecular weight excluding hydrogens is 244 g/mol. The lowest BCUT2D eigenvalue weighted by Crippen LogP contribution is -2.66. The van der Waals surface area contributed by atoms with E-state index in [1.807, 2.05) is 41.5 Å². The minimum Gasteiger partial charge on any atom is -0.370 e. The Labute approximate surface area is 113 Å². The second kappa shape index (κ2) is 4.05. The molecule has 0 spiro atoms. The van der Waals surface area contributed by atoms with Crippen LogP contribution < -0.4 is 0 Å². The molecule has 6 nitrogen and oxygen atoms in total. The number of nitrogens with zero attached hydrogens (tertiary/aromatic N) is 4. The molecule has 1 aromatic heterocycles. The number of imidazole rings is 1. The summed E-state index contributed by atoms with van der Waals surface area (Å²) in [6.45, 7) is 11.7. The standard InChI is InChI=1S/C13H22N4O2/c1-12(2,3)16-10(18)9-14-7-8-15(9)11(19)17(16)13(4,5)6/h7-8,10,18H,1-6H3. The van der Waals surface area contributed by atoms with E-state index in [1.54, 1.807) is 16.2 Å². The van der Waals surface area contributed by atoms with Crippen LogP contribution in [0, 0.1) is 0 Å². The summed E-state index contributed by atoms with van der Waals surface area (Å²) in [5.74, 6) is 0.362. The van der Waals surface area contributed by atoms with Crippen molar-refractivity contribution >= 4 is 6.03 Å². The van der Waals surface area contributed by atoms with Crippen molar-refractivity contribution < 1.29 is 9.90 Å². The van der Waals surface area contributed by atoms with Gasteiger partial charge in [0.1, 0.15) is 0 Å². The van der Waals surface area contributed by atoms with Crippen LogP contribution >= 0.6 is 0 Å². The summed E-state index contributed by atoms with van der Waals surface area (Å²) in [5, 5.41) is 13.8. The van der Waals surface area contributed by atoms with Crippen molar-refractivity contribution in [3.63, 3.8) is 0 Å². The van der Waals surface area contributed by atoms with Gasteiger partial charge in [-0.1, -0.05) is 0 Å². The van der Waals surface area contributed by atoms with Crippen LogP contribution in [0.2, 0.25) is 0 Å². The normalized spacial score (nSPS) is 21.7. The zero-order valence-electron chi connectivity index (χ0n) is 12.4. The van der Waals surface area contributed by atoms with Gasteiger partial charge in [-0.15, -0.1) is 0 Å². The zero-order chi connectivity index (χ0) is 14.6. The summed E-state index contributed by atoms with van der Waals surface area (Å²) >= 11 is 0. The van der Waals surface area contributed by atoms with Crippen molar-refractivity contribution in [1.29, 1.82) is 0 Å². The first-order valence-electron chi connectivity index (χ1n) is 6.40. The second-order valence-electron chi connectivity index (χ2n) is 6.81. The Morgan fingerprint density at radius 1 is 1.16 bits per heavy atom. The fourth-order valence-corrected chi connectivity index (χ4v) is 2.36. The highest BCUT2D eigenvalue weighted by atomic mass is 16.3. The molecule has 0 aromatic carbocycles. The molecule has 1 aromatic rings. The molecule has 1 aliphatic heterocycles. The van der Waals surface area contributed by atoms with Crippen LogP contribution in [0.15, 0.2) is 12.4 Å². The molecule has 1 unspecified atom stereocenters. The molecular formula is C13H22N4O2. The Balaban J connectivity index is 2.61. The number of hydrogen-bond donors (Lipinski definition) is 1. The monoisotopic (exact) mass is 266 g/mol. The van der Waals surface area contributed by atoms with E-state index in [1.165, 1.54) is 10.8 Å². The molecule has 1 amide bonds. The van der Waals surface area contributed by atoms with Crippen molar-refractivity contribution in [1.82, 2.24) is 19.6 Å². The van der Waals surface area contributed by atoms with E-state index in [9.17, 15) is 9.90 Å². The lowest BCUT2D eigenvalue weighted by atomic mass is 10.0. The Kier molecular flexibility index (Phi) is 2.98.